The highest BCUT2D eigenvalue weighted by molar-refractivity contribution is 7.89. The number of halogens is 1. The molecule has 1 aliphatic heterocycles. The first kappa shape index (κ1) is 19.8. The molecule has 1 aromatic rings. The second kappa shape index (κ2) is 6.94. The Hall–Kier alpha value is -1.15. The Morgan fingerprint density at radius 3 is 2.41 bits per heavy atom. The van der Waals surface area contributed by atoms with E-state index in [2.05, 4.69) is 5.32 Å². The summed E-state index contributed by atoms with van der Waals surface area (Å²) in [6, 6.07) is 5.47. The number of nitrogens with zero attached hydrogens (tertiary/aromatic N) is 1. The number of nitrogens with one attached hydrogen (secondary N) is 1. The molecule has 4 saturated carbocycles. The Morgan fingerprint density at radius 1 is 1.14 bits per heavy atom. The number of sulfonamides is 1. The minimum absolute atomic E-state index is 0.0556. The van der Waals surface area contributed by atoms with Gasteiger partial charge in [0.05, 0.1) is 10.5 Å². The van der Waals surface area contributed by atoms with Gasteiger partial charge in [-0.2, -0.15) is 4.31 Å². The molecule has 6 rings (SSSR count). The summed E-state index contributed by atoms with van der Waals surface area (Å²) in [4.78, 5) is 13.3. The van der Waals surface area contributed by atoms with Crippen LogP contribution in [0.25, 0.3) is 0 Å². The van der Waals surface area contributed by atoms with Crippen molar-refractivity contribution < 1.29 is 18.3 Å². The van der Waals surface area contributed by atoms with Crippen molar-refractivity contribution in [2.24, 2.45) is 17.8 Å². The molecule has 1 amide bonds. The highest BCUT2D eigenvalue weighted by atomic mass is 35.5. The molecule has 4 unspecified atom stereocenters. The summed E-state index contributed by atoms with van der Waals surface area (Å²) in [6.45, 7) is 0.350. The average Bonchev–Trinajstić information content (AvgIpc) is 3.14. The van der Waals surface area contributed by atoms with Gasteiger partial charge >= 0.3 is 0 Å². The Bertz CT molecular complexity index is 903. The van der Waals surface area contributed by atoms with E-state index in [-0.39, 0.29) is 16.8 Å². The molecule has 2 N–H and O–H groups in total. The van der Waals surface area contributed by atoms with Gasteiger partial charge in [-0.1, -0.05) is 11.6 Å². The third-order valence-corrected chi connectivity index (χ3v) is 9.65. The van der Waals surface area contributed by atoms with E-state index in [1.54, 1.807) is 12.1 Å². The van der Waals surface area contributed by atoms with Crippen LogP contribution in [0.15, 0.2) is 29.2 Å². The van der Waals surface area contributed by atoms with E-state index < -0.39 is 21.7 Å². The minimum atomic E-state index is -3.75. The molecule has 29 heavy (non-hydrogen) atoms. The average molecular weight is 439 g/mol. The van der Waals surface area contributed by atoms with Crippen molar-refractivity contribution in [3.63, 3.8) is 0 Å². The lowest BCUT2D eigenvalue weighted by molar-refractivity contribution is -0.147. The van der Waals surface area contributed by atoms with Crippen LogP contribution >= 0.6 is 11.6 Å². The maximum atomic E-state index is 13.2. The first-order valence-corrected chi connectivity index (χ1v) is 12.4. The predicted octanol–water partition coefficient (Wildman–Crippen LogP) is 2.55. The van der Waals surface area contributed by atoms with Crippen molar-refractivity contribution >= 4 is 27.5 Å². The van der Waals surface area contributed by atoms with Crippen molar-refractivity contribution in [1.82, 2.24) is 9.62 Å². The summed E-state index contributed by atoms with van der Waals surface area (Å²) in [5.74, 6) is 0.985. The zero-order valence-electron chi connectivity index (χ0n) is 16.3. The zero-order chi connectivity index (χ0) is 20.4. The van der Waals surface area contributed by atoms with E-state index in [1.807, 2.05) is 0 Å². The molecule has 0 aromatic heterocycles. The largest absolute Gasteiger partial charge is 0.390 e. The van der Waals surface area contributed by atoms with Gasteiger partial charge in [-0.15, -0.1) is 0 Å². The number of hydrogen-bond donors (Lipinski definition) is 2. The zero-order valence-corrected chi connectivity index (χ0v) is 17.8. The van der Waals surface area contributed by atoms with Crippen LogP contribution in [0.3, 0.4) is 0 Å². The highest BCUT2D eigenvalue weighted by Gasteiger charge is 2.55. The van der Waals surface area contributed by atoms with Gasteiger partial charge in [0.1, 0.15) is 6.04 Å². The molecule has 1 saturated heterocycles. The van der Waals surface area contributed by atoms with Crippen molar-refractivity contribution in [3.8, 4) is 0 Å². The van der Waals surface area contributed by atoms with Crippen molar-refractivity contribution in [2.75, 3.05) is 6.54 Å². The normalized spacial score (nSPS) is 39.0. The molecule has 5 fully saturated rings. The Balaban J connectivity index is 1.33. The summed E-state index contributed by atoms with van der Waals surface area (Å²) in [5, 5.41) is 14.4. The number of carbonyl (C=O) groups is 1. The van der Waals surface area contributed by atoms with Crippen LogP contribution in [-0.2, 0) is 14.8 Å². The van der Waals surface area contributed by atoms with E-state index >= 15 is 0 Å². The maximum absolute atomic E-state index is 13.2. The van der Waals surface area contributed by atoms with Gasteiger partial charge in [-0.3, -0.25) is 4.79 Å². The predicted molar refractivity (Wildman–Crippen MR) is 109 cm³/mol. The van der Waals surface area contributed by atoms with Gasteiger partial charge in [-0.05, 0) is 87.0 Å². The molecule has 1 aromatic carbocycles. The van der Waals surface area contributed by atoms with Gasteiger partial charge in [0.25, 0.3) is 0 Å². The van der Waals surface area contributed by atoms with Crippen LogP contribution in [0.1, 0.15) is 44.9 Å². The molecule has 0 spiro atoms. The fraction of sp³-hybridized carbons (Fsp3) is 0.667. The Morgan fingerprint density at radius 2 is 1.79 bits per heavy atom. The van der Waals surface area contributed by atoms with Crippen LogP contribution < -0.4 is 5.32 Å². The van der Waals surface area contributed by atoms with Crippen LogP contribution in [0.2, 0.25) is 5.02 Å². The summed E-state index contributed by atoms with van der Waals surface area (Å²) in [6.07, 6.45) is 5.72. The fourth-order valence-corrected chi connectivity index (χ4v) is 8.29. The molecule has 4 bridgehead atoms. The van der Waals surface area contributed by atoms with Gasteiger partial charge in [0, 0.05) is 17.6 Å². The number of benzene rings is 1. The second-order valence-corrected chi connectivity index (χ2v) is 11.8. The molecule has 0 radical (unpaired) electrons. The standard InChI is InChI=1S/C21H27ClN2O4S/c22-16-3-5-17(6-4-16)29(27,28)24-7-1-2-18(24)20(25)23-19-14-8-13-9-15(19)12-21(26,10-13)11-14/h3-6,13-15,18-19,26H,1-2,7-12H2,(H,23,25)/t13?,14-,15+,18?,19?,21?. The Labute approximate surface area is 176 Å². The van der Waals surface area contributed by atoms with Gasteiger partial charge in [-0.25, -0.2) is 8.42 Å². The molecular formula is C21H27ClN2O4S. The number of rotatable bonds is 4. The van der Waals surface area contributed by atoms with Crippen LogP contribution in [0.4, 0.5) is 0 Å². The third-order valence-electron chi connectivity index (χ3n) is 7.48. The van der Waals surface area contributed by atoms with Gasteiger partial charge in [0.15, 0.2) is 0 Å². The van der Waals surface area contributed by atoms with E-state index in [4.69, 9.17) is 11.6 Å². The van der Waals surface area contributed by atoms with Gasteiger partial charge < -0.3 is 10.4 Å². The number of hydrogen-bond acceptors (Lipinski definition) is 4. The topological polar surface area (TPSA) is 86.7 Å². The number of amides is 1. The molecule has 1 heterocycles. The van der Waals surface area contributed by atoms with Crippen molar-refractivity contribution in [3.05, 3.63) is 29.3 Å². The quantitative estimate of drug-likeness (QED) is 0.756. The molecular weight excluding hydrogens is 412 g/mol. The smallest absolute Gasteiger partial charge is 0.243 e. The SMILES string of the molecule is O=C(NC1[C@@H]2CC3C[C@H]1CC(O)(C3)C2)C1CCCN1S(=O)(=O)c1ccc(Cl)cc1. The van der Waals surface area contributed by atoms with E-state index in [1.165, 1.54) is 16.4 Å². The van der Waals surface area contributed by atoms with Crippen LogP contribution in [0, 0.1) is 17.8 Å². The lowest BCUT2D eigenvalue weighted by Gasteiger charge is -2.58. The van der Waals surface area contributed by atoms with Crippen LogP contribution in [0.5, 0.6) is 0 Å². The summed E-state index contributed by atoms with van der Waals surface area (Å²) >= 11 is 5.89. The molecule has 158 valence electrons. The Kier molecular flexibility index (Phi) is 4.74. The lowest BCUT2D eigenvalue weighted by Crippen LogP contribution is -2.63. The lowest BCUT2D eigenvalue weighted by atomic mass is 9.52. The van der Waals surface area contributed by atoms with Crippen molar-refractivity contribution in [1.29, 1.82) is 0 Å². The number of aliphatic hydroxyl groups is 1. The van der Waals surface area contributed by atoms with E-state index in [0.717, 1.165) is 32.1 Å². The second-order valence-electron chi connectivity index (χ2n) is 9.46. The first-order valence-electron chi connectivity index (χ1n) is 10.6. The summed E-state index contributed by atoms with van der Waals surface area (Å²) < 4.78 is 27.6. The van der Waals surface area contributed by atoms with E-state index in [0.29, 0.717) is 42.2 Å². The number of carbonyl (C=O) groups excluding carboxylic acids is 1. The van der Waals surface area contributed by atoms with Gasteiger partial charge in [0.2, 0.25) is 15.9 Å². The molecule has 4 aliphatic carbocycles. The maximum Gasteiger partial charge on any atom is 0.243 e. The summed E-state index contributed by atoms with van der Waals surface area (Å²) in [5.41, 5.74) is -0.547. The summed E-state index contributed by atoms with van der Waals surface area (Å²) in [7, 11) is -3.75. The van der Waals surface area contributed by atoms with Crippen molar-refractivity contribution in [2.45, 2.75) is 67.5 Å². The third kappa shape index (κ3) is 3.40. The first-order chi connectivity index (χ1) is 13.7. The molecule has 8 heteroatoms. The minimum Gasteiger partial charge on any atom is -0.390 e. The molecule has 5 aliphatic rings. The fourth-order valence-electron chi connectivity index (χ4n) is 6.51. The monoisotopic (exact) mass is 438 g/mol. The molecule has 6 nitrogen and oxygen atoms in total. The highest BCUT2D eigenvalue weighted by Crippen LogP contribution is 2.55. The molecule has 6 atom stereocenters. The van der Waals surface area contributed by atoms with Crippen LogP contribution in [-0.4, -0.2) is 48.0 Å². The van der Waals surface area contributed by atoms with E-state index in [9.17, 15) is 18.3 Å².